The van der Waals surface area contributed by atoms with Crippen LogP contribution in [0, 0.1) is 17.5 Å². The van der Waals surface area contributed by atoms with E-state index in [1.165, 1.54) is 12.1 Å². The van der Waals surface area contributed by atoms with Crippen molar-refractivity contribution in [3.63, 3.8) is 0 Å². The highest BCUT2D eigenvalue weighted by atomic mass is 32.2. The normalized spacial score (nSPS) is 11.2. The molecule has 24 heavy (non-hydrogen) atoms. The van der Waals surface area contributed by atoms with Gasteiger partial charge in [0.05, 0.1) is 12.2 Å². The molecule has 0 aliphatic rings. The largest absolute Gasteiger partial charge is 0.462 e. The Bertz CT molecular complexity index is 863. The molecule has 5 nitrogen and oxygen atoms in total. The molecule has 0 N–H and O–H groups in total. The number of hydrogen-bond donors (Lipinski definition) is 0. The summed E-state index contributed by atoms with van der Waals surface area (Å²) in [6.07, 6.45) is 0. The van der Waals surface area contributed by atoms with Crippen LogP contribution in [-0.4, -0.2) is 21.0 Å². The van der Waals surface area contributed by atoms with Crippen LogP contribution in [0.5, 0.6) is 5.75 Å². The van der Waals surface area contributed by atoms with Crippen LogP contribution in [0.2, 0.25) is 0 Å². The average molecular weight is 360 g/mol. The monoisotopic (exact) mass is 360 g/mol. The molecule has 0 aromatic heterocycles. The second-order valence-corrected chi connectivity index (χ2v) is 5.97. The van der Waals surface area contributed by atoms with E-state index in [2.05, 4.69) is 4.18 Å². The molecular formula is C15H11F3O5S. The molecule has 0 radical (unpaired) electrons. The van der Waals surface area contributed by atoms with Crippen molar-refractivity contribution in [1.82, 2.24) is 0 Å². The summed E-state index contributed by atoms with van der Waals surface area (Å²) in [6.45, 7) is 1.79. The zero-order valence-corrected chi connectivity index (χ0v) is 13.1. The molecule has 2 rings (SSSR count). The lowest BCUT2D eigenvalue weighted by molar-refractivity contribution is 0.0526. The second kappa shape index (κ2) is 6.91. The van der Waals surface area contributed by atoms with E-state index in [0.717, 1.165) is 12.1 Å². The number of benzene rings is 2. The highest BCUT2D eigenvalue weighted by Crippen LogP contribution is 2.24. The molecule has 0 fully saturated rings. The van der Waals surface area contributed by atoms with Crippen LogP contribution in [0.3, 0.4) is 0 Å². The Balaban J connectivity index is 2.27. The van der Waals surface area contributed by atoms with Crippen molar-refractivity contribution < 1.29 is 35.3 Å². The number of halogens is 3. The molecule has 0 amide bonds. The van der Waals surface area contributed by atoms with Gasteiger partial charge in [-0.3, -0.25) is 0 Å². The Labute approximate surface area is 135 Å². The third-order valence-electron chi connectivity index (χ3n) is 2.84. The highest BCUT2D eigenvalue weighted by molar-refractivity contribution is 7.87. The third kappa shape index (κ3) is 3.67. The van der Waals surface area contributed by atoms with E-state index < -0.39 is 38.4 Å². The first-order valence-corrected chi connectivity index (χ1v) is 8.02. The van der Waals surface area contributed by atoms with E-state index in [9.17, 15) is 26.4 Å². The van der Waals surface area contributed by atoms with Crippen molar-refractivity contribution in [2.45, 2.75) is 11.8 Å². The number of esters is 1. The average Bonchev–Trinajstić information content (AvgIpc) is 2.53. The number of carbonyl (C=O) groups excluding carboxylic acids is 1. The van der Waals surface area contributed by atoms with Crippen LogP contribution in [0.1, 0.15) is 17.3 Å². The Hall–Kier alpha value is -2.55. The van der Waals surface area contributed by atoms with Crippen molar-refractivity contribution in [2.75, 3.05) is 6.61 Å². The van der Waals surface area contributed by atoms with Crippen LogP contribution in [0.25, 0.3) is 0 Å². The molecule has 2 aromatic rings. The molecule has 9 heteroatoms. The van der Waals surface area contributed by atoms with Crippen molar-refractivity contribution in [3.8, 4) is 5.75 Å². The minimum absolute atomic E-state index is 0.153. The van der Waals surface area contributed by atoms with E-state index in [0.29, 0.717) is 12.1 Å². The summed E-state index contributed by atoms with van der Waals surface area (Å²) in [5, 5.41) is 0. The van der Waals surface area contributed by atoms with Gasteiger partial charge in [0.15, 0.2) is 17.5 Å². The zero-order valence-electron chi connectivity index (χ0n) is 12.3. The van der Waals surface area contributed by atoms with Gasteiger partial charge in [0.1, 0.15) is 10.6 Å². The van der Waals surface area contributed by atoms with E-state index >= 15 is 0 Å². The lowest BCUT2D eigenvalue weighted by Crippen LogP contribution is -2.13. The van der Waals surface area contributed by atoms with Gasteiger partial charge in [0.2, 0.25) is 0 Å². The number of rotatable bonds is 5. The first-order valence-electron chi connectivity index (χ1n) is 6.61. The summed E-state index contributed by atoms with van der Waals surface area (Å²) in [6, 6.07) is 5.78. The summed E-state index contributed by atoms with van der Waals surface area (Å²) in [5.41, 5.74) is 0.153. The predicted molar refractivity (Wildman–Crippen MR) is 76.5 cm³/mol. The summed E-state index contributed by atoms with van der Waals surface area (Å²) in [4.78, 5) is 10.3. The van der Waals surface area contributed by atoms with Gasteiger partial charge < -0.3 is 8.92 Å². The van der Waals surface area contributed by atoms with E-state index in [1.54, 1.807) is 6.92 Å². The molecule has 0 aliphatic heterocycles. The number of hydrogen-bond acceptors (Lipinski definition) is 5. The lowest BCUT2D eigenvalue weighted by Gasteiger charge is -2.09. The van der Waals surface area contributed by atoms with Crippen molar-refractivity contribution >= 4 is 16.1 Å². The summed E-state index contributed by atoms with van der Waals surface area (Å²) in [5.74, 6) is -6.17. The number of ether oxygens (including phenoxy) is 1. The zero-order chi connectivity index (χ0) is 17.9. The summed E-state index contributed by atoms with van der Waals surface area (Å²) >= 11 is 0. The minimum atomic E-state index is -4.72. The molecule has 0 unspecified atom stereocenters. The Kier molecular flexibility index (Phi) is 5.13. The van der Waals surface area contributed by atoms with Crippen molar-refractivity contribution in [3.05, 3.63) is 59.4 Å². The highest BCUT2D eigenvalue weighted by Gasteiger charge is 2.26. The van der Waals surface area contributed by atoms with Gasteiger partial charge >= 0.3 is 16.1 Å². The first-order chi connectivity index (χ1) is 11.3. The Morgan fingerprint density at radius 3 is 2.21 bits per heavy atom. The Morgan fingerprint density at radius 2 is 1.62 bits per heavy atom. The topological polar surface area (TPSA) is 69.7 Å². The van der Waals surface area contributed by atoms with Crippen LogP contribution in [-0.2, 0) is 14.9 Å². The fourth-order valence-electron chi connectivity index (χ4n) is 1.73. The van der Waals surface area contributed by atoms with Crippen LogP contribution in [0.15, 0.2) is 41.3 Å². The molecule has 0 saturated carbocycles. The first kappa shape index (κ1) is 17.8. The maximum atomic E-state index is 13.6. The maximum absolute atomic E-state index is 13.6. The Morgan fingerprint density at radius 1 is 1.00 bits per heavy atom. The molecule has 0 heterocycles. The van der Waals surface area contributed by atoms with Gasteiger partial charge in [-0.25, -0.2) is 18.0 Å². The molecule has 0 atom stereocenters. The van der Waals surface area contributed by atoms with Gasteiger partial charge in [0, 0.05) is 0 Å². The third-order valence-corrected chi connectivity index (χ3v) is 4.11. The summed E-state index contributed by atoms with van der Waals surface area (Å²) < 4.78 is 72.9. The van der Waals surface area contributed by atoms with Gasteiger partial charge in [-0.15, -0.1) is 0 Å². The van der Waals surface area contributed by atoms with Crippen molar-refractivity contribution in [2.24, 2.45) is 0 Å². The fourth-order valence-corrected chi connectivity index (χ4v) is 2.73. The quantitative estimate of drug-likeness (QED) is 0.466. The molecular weight excluding hydrogens is 349 g/mol. The van der Waals surface area contributed by atoms with E-state index in [-0.39, 0.29) is 17.9 Å². The maximum Gasteiger partial charge on any atom is 0.342 e. The van der Waals surface area contributed by atoms with Crippen LogP contribution in [0.4, 0.5) is 13.2 Å². The van der Waals surface area contributed by atoms with Gasteiger partial charge in [-0.05, 0) is 43.3 Å². The SMILES string of the molecule is CCOC(=O)c1ccc(OS(=O)(=O)c2ccc(F)c(F)c2F)cc1. The van der Waals surface area contributed by atoms with Gasteiger partial charge in [-0.2, -0.15) is 8.42 Å². The lowest BCUT2D eigenvalue weighted by atomic mass is 10.2. The molecule has 2 aromatic carbocycles. The molecule has 128 valence electrons. The smallest absolute Gasteiger partial charge is 0.342 e. The van der Waals surface area contributed by atoms with Crippen LogP contribution >= 0.6 is 0 Å². The molecule has 0 bridgehead atoms. The van der Waals surface area contributed by atoms with Gasteiger partial charge in [-0.1, -0.05) is 0 Å². The fraction of sp³-hybridized carbons (Fsp3) is 0.133. The van der Waals surface area contributed by atoms with E-state index in [1.807, 2.05) is 0 Å². The van der Waals surface area contributed by atoms with Crippen molar-refractivity contribution in [1.29, 1.82) is 0 Å². The second-order valence-electron chi connectivity index (χ2n) is 4.46. The van der Waals surface area contributed by atoms with Gasteiger partial charge in [0.25, 0.3) is 0 Å². The standard InChI is InChI=1S/C15H11F3O5S/c1-2-22-15(19)9-3-5-10(6-4-9)23-24(20,21)12-8-7-11(16)13(17)14(12)18/h3-8H,2H2,1H3. The predicted octanol–water partition coefficient (Wildman–Crippen LogP) is 3.05. The molecule has 0 spiro atoms. The van der Waals surface area contributed by atoms with Crippen LogP contribution < -0.4 is 4.18 Å². The molecule has 0 aliphatic carbocycles. The number of carbonyl (C=O) groups is 1. The molecule has 0 saturated heterocycles. The van der Waals surface area contributed by atoms with E-state index in [4.69, 9.17) is 4.74 Å². The minimum Gasteiger partial charge on any atom is -0.462 e. The summed E-state index contributed by atoms with van der Waals surface area (Å²) in [7, 11) is -4.72.